The predicted molar refractivity (Wildman–Crippen MR) is 121 cm³/mol. The zero-order valence-corrected chi connectivity index (χ0v) is 17.4. The normalized spacial score (nSPS) is 23.0. The zero-order chi connectivity index (χ0) is 20.8. The molecule has 3 aromatic carbocycles. The van der Waals surface area contributed by atoms with E-state index in [1.807, 2.05) is 0 Å². The van der Waals surface area contributed by atoms with Crippen LogP contribution < -0.4 is 10.6 Å². The molecule has 2 atom stereocenters. The fraction of sp³-hybridized carbons (Fsp3) is 0.296. The van der Waals surface area contributed by atoms with Crippen molar-refractivity contribution in [1.29, 1.82) is 0 Å². The topological polar surface area (TPSA) is 50.4 Å². The first kappa shape index (κ1) is 18.6. The van der Waals surface area contributed by atoms with Gasteiger partial charge in [0.2, 0.25) is 0 Å². The van der Waals surface area contributed by atoms with Crippen molar-refractivity contribution in [3.05, 3.63) is 95.1 Å². The second-order valence-corrected chi connectivity index (χ2v) is 9.02. The lowest BCUT2D eigenvalue weighted by molar-refractivity contribution is 0.142. The summed E-state index contributed by atoms with van der Waals surface area (Å²) in [5.74, 6) is 0.823. The number of nitrogens with one attached hydrogen (secondary N) is 2. The molecule has 1 amide bonds. The molecule has 1 aliphatic heterocycles. The van der Waals surface area contributed by atoms with Gasteiger partial charge in [0.25, 0.3) is 0 Å². The number of carbonyl (C=O) groups is 1. The fourth-order valence-corrected chi connectivity index (χ4v) is 5.74. The van der Waals surface area contributed by atoms with Gasteiger partial charge in [-0.15, -0.1) is 0 Å². The average molecular weight is 411 g/mol. The summed E-state index contributed by atoms with van der Waals surface area (Å²) >= 11 is 0. The molecule has 6 rings (SSSR count). The number of amides is 1. The average Bonchev–Trinajstić information content (AvgIpc) is 3.22. The number of fused-ring (bicyclic) bond motifs is 4. The van der Waals surface area contributed by atoms with Crippen LogP contribution in [0, 0.1) is 5.92 Å². The van der Waals surface area contributed by atoms with Crippen LogP contribution in [0.2, 0.25) is 0 Å². The van der Waals surface area contributed by atoms with E-state index >= 15 is 0 Å². The minimum absolute atomic E-state index is 0.0844. The molecule has 1 heterocycles. The summed E-state index contributed by atoms with van der Waals surface area (Å²) < 4.78 is 5.70. The fourth-order valence-electron chi connectivity index (χ4n) is 5.74. The lowest BCUT2D eigenvalue weighted by atomic mass is 9.90. The minimum Gasteiger partial charge on any atom is -0.449 e. The van der Waals surface area contributed by atoms with E-state index in [1.165, 1.54) is 39.8 Å². The molecule has 2 N–H and O–H groups in total. The molecule has 2 aliphatic carbocycles. The van der Waals surface area contributed by atoms with Crippen LogP contribution in [0.3, 0.4) is 0 Å². The molecule has 1 saturated heterocycles. The highest BCUT2D eigenvalue weighted by Gasteiger charge is 2.58. The molecule has 0 radical (unpaired) electrons. The standard InChI is InChI=1S/C27H26N2O2/c30-26(29-14-18-7-1-6-12-25(18)27-13-19(27)15-28-17-27)31-16-24-22-10-4-2-8-20(22)21-9-3-5-11-23(21)24/h1-12,19,24,28H,13-17H2,(H,29,30). The molecule has 2 unspecified atom stereocenters. The molecule has 3 aliphatic rings. The Labute approximate surface area is 182 Å². The Morgan fingerprint density at radius 2 is 1.65 bits per heavy atom. The van der Waals surface area contributed by atoms with E-state index in [1.54, 1.807) is 0 Å². The third-order valence-electron chi connectivity index (χ3n) is 7.38. The van der Waals surface area contributed by atoms with E-state index in [0.29, 0.717) is 13.2 Å². The molecule has 0 aromatic heterocycles. The third-order valence-corrected chi connectivity index (χ3v) is 7.38. The molecule has 2 fully saturated rings. The summed E-state index contributed by atoms with van der Waals surface area (Å²) in [7, 11) is 0. The Kier molecular flexibility index (Phi) is 4.35. The highest BCUT2D eigenvalue weighted by Crippen LogP contribution is 2.57. The Hall–Kier alpha value is -3.11. The van der Waals surface area contributed by atoms with E-state index in [9.17, 15) is 4.79 Å². The summed E-state index contributed by atoms with van der Waals surface area (Å²) in [4.78, 5) is 12.6. The van der Waals surface area contributed by atoms with E-state index < -0.39 is 0 Å². The van der Waals surface area contributed by atoms with Crippen LogP contribution in [0.25, 0.3) is 11.1 Å². The SMILES string of the molecule is O=C(NCc1ccccc1C12CNCC1C2)OCC1c2ccccc2-c2ccccc21. The van der Waals surface area contributed by atoms with Gasteiger partial charge in [-0.25, -0.2) is 4.79 Å². The van der Waals surface area contributed by atoms with E-state index in [-0.39, 0.29) is 17.4 Å². The maximum absolute atomic E-state index is 12.6. The van der Waals surface area contributed by atoms with Crippen molar-refractivity contribution in [2.24, 2.45) is 5.92 Å². The lowest BCUT2D eigenvalue weighted by Crippen LogP contribution is -2.27. The van der Waals surface area contributed by atoms with Gasteiger partial charge in [-0.2, -0.15) is 0 Å². The summed E-state index contributed by atoms with van der Waals surface area (Å²) in [6.45, 7) is 2.99. The van der Waals surface area contributed by atoms with Gasteiger partial charge < -0.3 is 15.4 Å². The van der Waals surface area contributed by atoms with Crippen molar-refractivity contribution in [1.82, 2.24) is 10.6 Å². The lowest BCUT2D eigenvalue weighted by Gasteiger charge is -2.18. The number of alkyl carbamates (subject to hydrolysis) is 1. The minimum atomic E-state index is -0.356. The molecule has 4 heteroatoms. The first-order valence-electron chi connectivity index (χ1n) is 11.1. The van der Waals surface area contributed by atoms with Crippen molar-refractivity contribution in [3.8, 4) is 11.1 Å². The Bertz CT molecular complexity index is 1110. The smallest absolute Gasteiger partial charge is 0.407 e. The van der Waals surface area contributed by atoms with Gasteiger partial charge in [-0.05, 0) is 52.3 Å². The van der Waals surface area contributed by atoms with Crippen LogP contribution in [0.4, 0.5) is 4.79 Å². The highest BCUT2D eigenvalue weighted by molar-refractivity contribution is 5.79. The predicted octanol–water partition coefficient (Wildman–Crippen LogP) is 4.59. The number of ether oxygens (including phenoxy) is 1. The van der Waals surface area contributed by atoms with Gasteiger partial charge in [-0.3, -0.25) is 0 Å². The summed E-state index contributed by atoms with van der Waals surface area (Å²) in [6, 6.07) is 25.3. The molecule has 0 bridgehead atoms. The number of carbonyl (C=O) groups excluding carboxylic acids is 1. The van der Waals surface area contributed by atoms with Gasteiger partial charge in [0.15, 0.2) is 0 Å². The molecule has 4 nitrogen and oxygen atoms in total. The van der Waals surface area contributed by atoms with E-state index in [2.05, 4.69) is 83.4 Å². The molecule has 1 saturated carbocycles. The van der Waals surface area contributed by atoms with Gasteiger partial charge in [0, 0.05) is 24.4 Å². The maximum atomic E-state index is 12.6. The largest absolute Gasteiger partial charge is 0.449 e. The quantitative estimate of drug-likeness (QED) is 0.647. The van der Waals surface area contributed by atoms with E-state index in [0.717, 1.165) is 19.0 Å². The van der Waals surface area contributed by atoms with Crippen molar-refractivity contribution in [3.63, 3.8) is 0 Å². The Morgan fingerprint density at radius 3 is 2.32 bits per heavy atom. The van der Waals surface area contributed by atoms with Crippen molar-refractivity contribution >= 4 is 6.09 Å². The van der Waals surface area contributed by atoms with E-state index in [4.69, 9.17) is 4.74 Å². The molecular weight excluding hydrogens is 384 g/mol. The van der Waals surface area contributed by atoms with Crippen LogP contribution >= 0.6 is 0 Å². The molecule has 156 valence electrons. The Morgan fingerprint density at radius 1 is 0.968 bits per heavy atom. The number of rotatable bonds is 5. The number of benzene rings is 3. The zero-order valence-electron chi connectivity index (χ0n) is 17.4. The van der Waals surface area contributed by atoms with Crippen LogP contribution in [0.15, 0.2) is 72.8 Å². The van der Waals surface area contributed by atoms with Crippen LogP contribution in [-0.2, 0) is 16.7 Å². The van der Waals surface area contributed by atoms with Crippen molar-refractivity contribution < 1.29 is 9.53 Å². The highest BCUT2D eigenvalue weighted by atomic mass is 16.5. The number of hydrogen-bond acceptors (Lipinski definition) is 3. The Balaban J connectivity index is 1.13. The maximum Gasteiger partial charge on any atom is 0.407 e. The summed E-state index contributed by atoms with van der Waals surface area (Å²) in [6.07, 6.45) is 0.896. The van der Waals surface area contributed by atoms with Gasteiger partial charge in [0.05, 0.1) is 0 Å². The molecular formula is C27H26N2O2. The number of hydrogen-bond donors (Lipinski definition) is 2. The second kappa shape index (κ2) is 7.24. The third kappa shape index (κ3) is 3.05. The summed E-state index contributed by atoms with van der Waals surface area (Å²) in [5, 5.41) is 6.50. The van der Waals surface area contributed by atoms with Crippen molar-refractivity contribution in [2.75, 3.05) is 19.7 Å². The first-order valence-corrected chi connectivity index (χ1v) is 11.1. The number of piperidine rings is 1. The molecule has 3 aromatic rings. The summed E-state index contributed by atoms with van der Waals surface area (Å²) in [5.41, 5.74) is 7.79. The molecule has 0 spiro atoms. The monoisotopic (exact) mass is 410 g/mol. The first-order chi connectivity index (χ1) is 15.3. The van der Waals surface area contributed by atoms with Crippen LogP contribution in [0.5, 0.6) is 0 Å². The van der Waals surface area contributed by atoms with Crippen LogP contribution in [0.1, 0.15) is 34.6 Å². The van der Waals surface area contributed by atoms with Gasteiger partial charge in [-0.1, -0.05) is 72.8 Å². The van der Waals surface area contributed by atoms with Gasteiger partial charge >= 0.3 is 6.09 Å². The van der Waals surface area contributed by atoms with Gasteiger partial charge in [0.1, 0.15) is 6.61 Å². The van der Waals surface area contributed by atoms with Crippen molar-refractivity contribution in [2.45, 2.75) is 24.3 Å². The molecule has 31 heavy (non-hydrogen) atoms. The second-order valence-electron chi connectivity index (χ2n) is 9.02. The van der Waals surface area contributed by atoms with Crippen LogP contribution in [-0.4, -0.2) is 25.8 Å².